The molecule has 4 rings (SSSR count). The van der Waals surface area contributed by atoms with Crippen molar-refractivity contribution in [3.05, 3.63) is 65.2 Å². The second-order valence-corrected chi connectivity index (χ2v) is 8.70. The number of benzene rings is 2. The molecule has 1 fully saturated rings. The highest BCUT2D eigenvalue weighted by molar-refractivity contribution is 7.13. The molecule has 1 aliphatic heterocycles. The molecule has 1 aromatic heterocycles. The van der Waals surface area contributed by atoms with E-state index in [0.717, 1.165) is 42.9 Å². The van der Waals surface area contributed by atoms with Gasteiger partial charge in [-0.15, -0.1) is 11.3 Å². The van der Waals surface area contributed by atoms with Crippen LogP contribution in [-0.2, 0) is 6.42 Å². The summed E-state index contributed by atoms with van der Waals surface area (Å²) in [5.74, 6) is 1.99. The number of hydrogen-bond acceptors (Lipinski definition) is 5. The minimum atomic E-state index is 0.0193. The predicted octanol–water partition coefficient (Wildman–Crippen LogP) is 5.31. The molecule has 0 atom stereocenters. The molecular weight excluding hydrogens is 408 g/mol. The lowest BCUT2D eigenvalue weighted by molar-refractivity contribution is 0.0682. The monoisotopic (exact) mass is 436 g/mol. The Hall–Kier alpha value is -2.86. The second-order valence-electron chi connectivity index (χ2n) is 7.84. The van der Waals surface area contributed by atoms with Gasteiger partial charge in [0.15, 0.2) is 11.5 Å². The second kappa shape index (κ2) is 9.96. The van der Waals surface area contributed by atoms with Crippen LogP contribution >= 0.6 is 11.3 Å². The lowest BCUT2D eigenvalue weighted by Gasteiger charge is -2.31. The molecule has 0 aliphatic carbocycles. The smallest absolute Gasteiger partial charge is 0.273 e. The number of thiazole rings is 1. The van der Waals surface area contributed by atoms with Gasteiger partial charge in [0, 0.05) is 18.5 Å². The van der Waals surface area contributed by atoms with Gasteiger partial charge in [0.1, 0.15) is 10.7 Å². The molecule has 0 spiro atoms. The molecular formula is C25H28N2O3S. The number of amides is 1. The van der Waals surface area contributed by atoms with E-state index >= 15 is 0 Å². The minimum Gasteiger partial charge on any atom is -0.493 e. The highest BCUT2D eigenvalue weighted by Gasteiger charge is 2.25. The van der Waals surface area contributed by atoms with Gasteiger partial charge in [0.25, 0.3) is 5.91 Å². The summed E-state index contributed by atoms with van der Waals surface area (Å²) < 4.78 is 10.9. The number of nitrogens with zero attached hydrogens (tertiary/aromatic N) is 2. The third-order valence-electron chi connectivity index (χ3n) is 5.94. The van der Waals surface area contributed by atoms with Crippen LogP contribution in [-0.4, -0.2) is 43.1 Å². The fraction of sp³-hybridized carbons (Fsp3) is 0.360. The number of hydrogen-bond donors (Lipinski definition) is 0. The van der Waals surface area contributed by atoms with Gasteiger partial charge in [0.05, 0.1) is 19.8 Å². The zero-order valence-electron chi connectivity index (χ0n) is 18.0. The van der Waals surface area contributed by atoms with Crippen molar-refractivity contribution in [1.82, 2.24) is 9.88 Å². The predicted molar refractivity (Wildman–Crippen MR) is 124 cm³/mol. The summed E-state index contributed by atoms with van der Waals surface area (Å²) in [5.41, 5.74) is 2.74. The van der Waals surface area contributed by atoms with E-state index < -0.39 is 0 Å². The van der Waals surface area contributed by atoms with Gasteiger partial charge in [-0.2, -0.15) is 0 Å². The van der Waals surface area contributed by atoms with E-state index in [1.54, 1.807) is 14.2 Å². The van der Waals surface area contributed by atoms with E-state index in [0.29, 0.717) is 23.1 Å². The number of carbonyl (C=O) groups excluding carboxylic acids is 1. The topological polar surface area (TPSA) is 51.7 Å². The first-order chi connectivity index (χ1) is 15.2. The normalized spacial score (nSPS) is 14.5. The van der Waals surface area contributed by atoms with Gasteiger partial charge in [-0.25, -0.2) is 4.98 Å². The molecule has 0 N–H and O–H groups in total. The van der Waals surface area contributed by atoms with Gasteiger partial charge < -0.3 is 14.4 Å². The Morgan fingerprint density at radius 2 is 1.84 bits per heavy atom. The minimum absolute atomic E-state index is 0.0193. The Morgan fingerprint density at radius 3 is 2.55 bits per heavy atom. The number of aryl methyl sites for hydroxylation is 1. The van der Waals surface area contributed by atoms with E-state index in [9.17, 15) is 4.79 Å². The Morgan fingerprint density at radius 1 is 1.06 bits per heavy atom. The van der Waals surface area contributed by atoms with Crippen molar-refractivity contribution < 1.29 is 14.3 Å². The van der Waals surface area contributed by atoms with Gasteiger partial charge >= 0.3 is 0 Å². The SMILES string of the molecule is COc1cccc(-c2nc(C(=O)N3CCC(CCc4ccccc4)CC3)cs2)c1OC. The molecule has 0 saturated carbocycles. The van der Waals surface area contributed by atoms with Gasteiger partial charge in [-0.3, -0.25) is 4.79 Å². The number of carbonyl (C=O) groups is 1. The molecule has 1 amide bonds. The summed E-state index contributed by atoms with van der Waals surface area (Å²) in [7, 11) is 3.23. The largest absolute Gasteiger partial charge is 0.493 e. The van der Waals surface area contributed by atoms with Crippen molar-refractivity contribution >= 4 is 17.2 Å². The molecule has 0 unspecified atom stereocenters. The van der Waals surface area contributed by atoms with E-state index in [-0.39, 0.29) is 5.91 Å². The Kier molecular flexibility index (Phi) is 6.87. The van der Waals surface area contributed by atoms with E-state index in [1.807, 2.05) is 28.5 Å². The number of ether oxygens (including phenoxy) is 2. The summed E-state index contributed by atoms with van der Waals surface area (Å²) in [6, 6.07) is 16.3. The number of methoxy groups -OCH3 is 2. The van der Waals surface area contributed by atoms with E-state index in [4.69, 9.17) is 9.47 Å². The highest BCUT2D eigenvalue weighted by Crippen LogP contribution is 2.39. The summed E-state index contributed by atoms with van der Waals surface area (Å²) in [6.45, 7) is 1.60. The van der Waals surface area contributed by atoms with Crippen molar-refractivity contribution in [3.63, 3.8) is 0 Å². The summed E-state index contributed by atoms with van der Waals surface area (Å²) >= 11 is 1.46. The maximum Gasteiger partial charge on any atom is 0.273 e. The van der Waals surface area contributed by atoms with E-state index in [2.05, 4.69) is 35.3 Å². The summed E-state index contributed by atoms with van der Waals surface area (Å²) in [4.78, 5) is 19.6. The van der Waals surface area contributed by atoms with Crippen LogP contribution in [0.3, 0.4) is 0 Å². The van der Waals surface area contributed by atoms with Crippen LogP contribution < -0.4 is 9.47 Å². The quantitative estimate of drug-likeness (QED) is 0.503. The van der Waals surface area contributed by atoms with Crippen LogP contribution in [0.1, 0.15) is 35.3 Å². The maximum absolute atomic E-state index is 13.0. The first kappa shape index (κ1) is 21.4. The van der Waals surface area contributed by atoms with Crippen LogP contribution in [0.25, 0.3) is 10.6 Å². The average Bonchev–Trinajstić information content (AvgIpc) is 3.33. The molecule has 1 saturated heterocycles. The van der Waals surface area contributed by atoms with Crippen molar-refractivity contribution in [2.75, 3.05) is 27.3 Å². The number of aromatic nitrogens is 1. The van der Waals surface area contributed by atoms with Crippen LogP contribution in [0.4, 0.5) is 0 Å². The third kappa shape index (κ3) is 4.90. The fourth-order valence-corrected chi connectivity index (χ4v) is 4.97. The van der Waals surface area contributed by atoms with Crippen LogP contribution in [0.15, 0.2) is 53.9 Å². The Bertz CT molecular complexity index is 1010. The van der Waals surface area contributed by atoms with Crippen LogP contribution in [0.2, 0.25) is 0 Å². The van der Waals surface area contributed by atoms with Gasteiger partial charge in [0.2, 0.25) is 0 Å². The van der Waals surface area contributed by atoms with Crippen LogP contribution in [0.5, 0.6) is 11.5 Å². The maximum atomic E-state index is 13.0. The Labute approximate surface area is 187 Å². The first-order valence-corrected chi connectivity index (χ1v) is 11.6. The molecule has 6 heteroatoms. The molecule has 0 radical (unpaired) electrons. The standard InChI is InChI=1S/C25H28N2O3S/c1-29-22-10-6-9-20(23(22)30-2)24-26-21(17-31-24)25(28)27-15-13-19(14-16-27)12-11-18-7-4-3-5-8-18/h3-10,17,19H,11-16H2,1-2H3. The zero-order chi connectivity index (χ0) is 21.6. The average molecular weight is 437 g/mol. The third-order valence-corrected chi connectivity index (χ3v) is 6.82. The molecule has 3 aromatic rings. The number of rotatable bonds is 7. The molecule has 5 nitrogen and oxygen atoms in total. The molecule has 1 aliphatic rings. The van der Waals surface area contributed by atoms with E-state index in [1.165, 1.54) is 23.3 Å². The number of likely N-dealkylation sites (tertiary alicyclic amines) is 1. The summed E-state index contributed by atoms with van der Waals surface area (Å²) in [5, 5.41) is 2.61. The Balaban J connectivity index is 1.37. The number of para-hydroxylation sites is 1. The zero-order valence-corrected chi connectivity index (χ0v) is 18.9. The molecule has 2 aromatic carbocycles. The van der Waals surface area contributed by atoms with Crippen molar-refractivity contribution in [2.24, 2.45) is 5.92 Å². The molecule has 0 bridgehead atoms. The lowest BCUT2D eigenvalue weighted by Crippen LogP contribution is -2.38. The lowest BCUT2D eigenvalue weighted by atomic mass is 9.90. The van der Waals surface area contributed by atoms with Gasteiger partial charge in [-0.05, 0) is 49.3 Å². The van der Waals surface area contributed by atoms with Crippen molar-refractivity contribution in [3.8, 4) is 22.1 Å². The van der Waals surface area contributed by atoms with Crippen LogP contribution in [0, 0.1) is 5.92 Å². The molecule has 2 heterocycles. The van der Waals surface area contributed by atoms with Crippen molar-refractivity contribution in [2.45, 2.75) is 25.7 Å². The number of piperidine rings is 1. The van der Waals surface area contributed by atoms with Crippen molar-refractivity contribution in [1.29, 1.82) is 0 Å². The fourth-order valence-electron chi connectivity index (χ4n) is 4.15. The molecule has 31 heavy (non-hydrogen) atoms. The highest BCUT2D eigenvalue weighted by atomic mass is 32.1. The van der Waals surface area contributed by atoms with Gasteiger partial charge in [-0.1, -0.05) is 36.4 Å². The summed E-state index contributed by atoms with van der Waals surface area (Å²) in [6.07, 6.45) is 4.40. The molecule has 162 valence electrons. The first-order valence-electron chi connectivity index (χ1n) is 10.7.